The van der Waals surface area contributed by atoms with E-state index in [1.54, 1.807) is 0 Å². The number of hydrogen-bond acceptors (Lipinski definition) is 1. The molecular weight excluding hydrogens is 170 g/mol. The molecule has 1 heteroatoms. The molecule has 0 radical (unpaired) electrons. The Morgan fingerprint density at radius 2 is 2.00 bits per heavy atom. The van der Waals surface area contributed by atoms with Gasteiger partial charge in [-0.05, 0) is 49.7 Å². The van der Waals surface area contributed by atoms with Gasteiger partial charge in [0.25, 0.3) is 0 Å². The molecule has 0 bridgehead atoms. The normalized spacial score (nSPS) is 10.8. The van der Waals surface area contributed by atoms with Crippen molar-refractivity contribution >= 4 is 5.69 Å². The van der Waals surface area contributed by atoms with Crippen molar-refractivity contribution in [2.24, 2.45) is 0 Å². The molecule has 0 spiro atoms. The Morgan fingerprint density at radius 1 is 1.21 bits per heavy atom. The van der Waals surface area contributed by atoms with Gasteiger partial charge in [0.1, 0.15) is 0 Å². The van der Waals surface area contributed by atoms with Crippen molar-refractivity contribution in [2.45, 2.75) is 33.6 Å². The molecule has 1 N–H and O–H groups in total. The Bertz CT molecular complexity index is 313. The third-order valence-corrected chi connectivity index (χ3v) is 2.33. The molecule has 1 rings (SSSR count). The zero-order valence-corrected chi connectivity index (χ0v) is 9.30. The predicted molar refractivity (Wildman–Crippen MR) is 63.6 cm³/mol. The van der Waals surface area contributed by atoms with Gasteiger partial charge in [0.05, 0.1) is 0 Å². The van der Waals surface area contributed by atoms with Gasteiger partial charge >= 0.3 is 0 Å². The molecular formula is C13H19N. The highest BCUT2D eigenvalue weighted by molar-refractivity contribution is 5.49. The van der Waals surface area contributed by atoms with E-state index in [1.165, 1.54) is 23.2 Å². The Morgan fingerprint density at radius 3 is 2.64 bits per heavy atom. The van der Waals surface area contributed by atoms with E-state index in [4.69, 9.17) is 0 Å². The molecule has 0 aliphatic rings. The Balaban J connectivity index is 2.55. The third kappa shape index (κ3) is 3.25. The molecule has 1 nitrogen and oxygen atoms in total. The Kier molecular flexibility index (Phi) is 4.24. The van der Waals surface area contributed by atoms with Crippen LogP contribution < -0.4 is 5.32 Å². The van der Waals surface area contributed by atoms with E-state index >= 15 is 0 Å². The topological polar surface area (TPSA) is 12.0 Å². The molecule has 0 saturated heterocycles. The highest BCUT2D eigenvalue weighted by atomic mass is 14.8. The molecule has 0 amide bonds. The Hall–Kier alpha value is -1.24. The molecule has 0 aliphatic carbocycles. The lowest BCUT2D eigenvalue weighted by Gasteiger charge is -2.04. The highest BCUT2D eigenvalue weighted by Gasteiger charge is 1.92. The fourth-order valence-electron chi connectivity index (χ4n) is 1.24. The van der Waals surface area contributed by atoms with Gasteiger partial charge in [-0.3, -0.25) is 0 Å². The standard InChI is InChI=1S/C13H19N/c1-4-5-6-9-14-13-8-7-11(2)12(3)10-13/h6-10,14H,4-5H2,1-3H3/b9-6+. The minimum atomic E-state index is 1.14. The van der Waals surface area contributed by atoms with E-state index in [2.05, 4.69) is 50.4 Å². The van der Waals surface area contributed by atoms with Crippen LogP contribution in [0, 0.1) is 13.8 Å². The smallest absolute Gasteiger partial charge is 0.0382 e. The average Bonchev–Trinajstić information content (AvgIpc) is 2.18. The molecule has 0 aromatic heterocycles. The molecule has 0 unspecified atom stereocenters. The molecule has 1 aromatic rings. The summed E-state index contributed by atoms with van der Waals surface area (Å²) in [6.07, 6.45) is 6.52. The molecule has 0 atom stereocenters. The van der Waals surface area contributed by atoms with E-state index in [9.17, 15) is 0 Å². The SMILES string of the molecule is CCC/C=C/Nc1ccc(C)c(C)c1. The minimum absolute atomic E-state index is 1.14. The third-order valence-electron chi connectivity index (χ3n) is 2.33. The van der Waals surface area contributed by atoms with Crippen LogP contribution in [0.3, 0.4) is 0 Å². The monoisotopic (exact) mass is 189 g/mol. The number of benzene rings is 1. The van der Waals surface area contributed by atoms with Gasteiger partial charge in [-0.2, -0.15) is 0 Å². The van der Waals surface area contributed by atoms with Crippen molar-refractivity contribution in [3.8, 4) is 0 Å². The minimum Gasteiger partial charge on any atom is -0.362 e. The van der Waals surface area contributed by atoms with E-state index in [0.29, 0.717) is 0 Å². The first-order chi connectivity index (χ1) is 6.74. The van der Waals surface area contributed by atoms with Crippen LogP contribution in [0.25, 0.3) is 0 Å². The van der Waals surface area contributed by atoms with Crippen LogP contribution in [-0.2, 0) is 0 Å². The summed E-state index contributed by atoms with van der Waals surface area (Å²) in [4.78, 5) is 0. The van der Waals surface area contributed by atoms with Crippen molar-refractivity contribution in [1.29, 1.82) is 0 Å². The van der Waals surface area contributed by atoms with Gasteiger partial charge in [-0.15, -0.1) is 0 Å². The summed E-state index contributed by atoms with van der Waals surface area (Å²) in [6.45, 7) is 6.45. The van der Waals surface area contributed by atoms with Crippen molar-refractivity contribution in [2.75, 3.05) is 5.32 Å². The van der Waals surface area contributed by atoms with Crippen LogP contribution in [0.2, 0.25) is 0 Å². The maximum absolute atomic E-state index is 3.27. The fourth-order valence-corrected chi connectivity index (χ4v) is 1.24. The fraction of sp³-hybridized carbons (Fsp3) is 0.385. The highest BCUT2D eigenvalue weighted by Crippen LogP contribution is 2.13. The number of rotatable bonds is 4. The second-order valence-corrected chi connectivity index (χ2v) is 3.63. The molecule has 0 saturated carbocycles. The van der Waals surface area contributed by atoms with E-state index in [0.717, 1.165) is 6.42 Å². The summed E-state index contributed by atoms with van der Waals surface area (Å²) in [7, 11) is 0. The van der Waals surface area contributed by atoms with Crippen LogP contribution in [0.5, 0.6) is 0 Å². The van der Waals surface area contributed by atoms with Gasteiger partial charge < -0.3 is 5.32 Å². The number of hydrogen-bond donors (Lipinski definition) is 1. The van der Waals surface area contributed by atoms with Gasteiger partial charge in [-0.1, -0.05) is 25.5 Å². The molecule has 14 heavy (non-hydrogen) atoms. The first kappa shape index (κ1) is 10.8. The van der Waals surface area contributed by atoms with Crippen molar-refractivity contribution < 1.29 is 0 Å². The molecule has 0 aliphatic heterocycles. The van der Waals surface area contributed by atoms with E-state index in [-0.39, 0.29) is 0 Å². The van der Waals surface area contributed by atoms with E-state index < -0.39 is 0 Å². The summed E-state index contributed by atoms with van der Waals surface area (Å²) in [5, 5.41) is 3.27. The van der Waals surface area contributed by atoms with E-state index in [1.807, 2.05) is 6.20 Å². The number of unbranched alkanes of at least 4 members (excludes halogenated alkanes) is 1. The zero-order chi connectivity index (χ0) is 10.4. The second kappa shape index (κ2) is 5.48. The lowest BCUT2D eigenvalue weighted by atomic mass is 10.1. The molecule has 76 valence electrons. The van der Waals surface area contributed by atoms with Gasteiger partial charge in [-0.25, -0.2) is 0 Å². The van der Waals surface area contributed by atoms with Crippen molar-refractivity contribution in [1.82, 2.24) is 0 Å². The van der Waals surface area contributed by atoms with Crippen LogP contribution in [0.4, 0.5) is 5.69 Å². The van der Waals surface area contributed by atoms with Gasteiger partial charge in [0.15, 0.2) is 0 Å². The summed E-state index contributed by atoms with van der Waals surface area (Å²) < 4.78 is 0. The van der Waals surface area contributed by atoms with Gasteiger partial charge in [0, 0.05) is 5.69 Å². The van der Waals surface area contributed by atoms with Crippen molar-refractivity contribution in [3.05, 3.63) is 41.6 Å². The Labute approximate surface area is 86.8 Å². The molecule has 0 heterocycles. The largest absolute Gasteiger partial charge is 0.362 e. The summed E-state index contributed by atoms with van der Waals surface area (Å²) in [5.41, 5.74) is 3.84. The molecule has 1 aromatic carbocycles. The maximum Gasteiger partial charge on any atom is 0.0382 e. The van der Waals surface area contributed by atoms with Gasteiger partial charge in [0.2, 0.25) is 0 Å². The number of allylic oxidation sites excluding steroid dienone is 1. The zero-order valence-electron chi connectivity index (χ0n) is 9.30. The lowest BCUT2D eigenvalue weighted by Crippen LogP contribution is -1.89. The quantitative estimate of drug-likeness (QED) is 0.754. The molecule has 0 fully saturated rings. The summed E-state index contributed by atoms with van der Waals surface area (Å²) in [5.74, 6) is 0. The van der Waals surface area contributed by atoms with Crippen LogP contribution in [0.1, 0.15) is 30.9 Å². The number of anilines is 1. The maximum atomic E-state index is 3.27. The van der Waals surface area contributed by atoms with Crippen molar-refractivity contribution in [3.63, 3.8) is 0 Å². The van der Waals surface area contributed by atoms with Crippen LogP contribution in [-0.4, -0.2) is 0 Å². The second-order valence-electron chi connectivity index (χ2n) is 3.63. The van der Waals surface area contributed by atoms with Crippen LogP contribution >= 0.6 is 0 Å². The summed E-state index contributed by atoms with van der Waals surface area (Å²) in [6, 6.07) is 6.43. The predicted octanol–water partition coefficient (Wildman–Crippen LogP) is 4.03. The number of aryl methyl sites for hydroxylation is 2. The first-order valence-electron chi connectivity index (χ1n) is 5.23. The summed E-state index contributed by atoms with van der Waals surface area (Å²) >= 11 is 0. The lowest BCUT2D eigenvalue weighted by molar-refractivity contribution is 0.957. The number of nitrogens with one attached hydrogen (secondary N) is 1. The first-order valence-corrected chi connectivity index (χ1v) is 5.23. The van der Waals surface area contributed by atoms with Crippen LogP contribution in [0.15, 0.2) is 30.5 Å². The average molecular weight is 189 g/mol.